The number of fused-ring (bicyclic) bond motifs is 1. The largest absolute Gasteiger partial charge is 0.476 e. The number of hydrogen-bond acceptors (Lipinski definition) is 4. The standard InChI is InChI=1S/C12H8N2O4/c15-10-4-6-2-1-3-7(11(6)13-10)9-5-8(12(16)17)14-18-9/h1-3,5H,4H2,(H,13,15)(H,16,17). The third-order valence-corrected chi connectivity index (χ3v) is 2.76. The molecule has 18 heavy (non-hydrogen) atoms. The topological polar surface area (TPSA) is 92.4 Å². The fourth-order valence-electron chi connectivity index (χ4n) is 1.96. The zero-order chi connectivity index (χ0) is 12.7. The van der Waals surface area contributed by atoms with Gasteiger partial charge in [-0.2, -0.15) is 0 Å². The first-order chi connectivity index (χ1) is 8.65. The predicted octanol–water partition coefficient (Wildman–Crippen LogP) is 1.53. The highest BCUT2D eigenvalue weighted by Crippen LogP contribution is 2.34. The minimum absolute atomic E-state index is 0.0876. The summed E-state index contributed by atoms with van der Waals surface area (Å²) in [6, 6.07) is 6.71. The number of carbonyl (C=O) groups is 2. The van der Waals surface area contributed by atoms with E-state index in [4.69, 9.17) is 9.63 Å². The van der Waals surface area contributed by atoms with Gasteiger partial charge in [-0.05, 0) is 11.6 Å². The van der Waals surface area contributed by atoms with Gasteiger partial charge in [0.2, 0.25) is 5.91 Å². The van der Waals surface area contributed by atoms with Crippen LogP contribution < -0.4 is 5.32 Å². The van der Waals surface area contributed by atoms with Crippen LogP contribution in [0.25, 0.3) is 11.3 Å². The van der Waals surface area contributed by atoms with Crippen molar-refractivity contribution in [1.82, 2.24) is 5.16 Å². The second-order valence-electron chi connectivity index (χ2n) is 3.95. The summed E-state index contributed by atoms with van der Waals surface area (Å²) >= 11 is 0. The van der Waals surface area contributed by atoms with Gasteiger partial charge in [0.05, 0.1) is 12.1 Å². The Morgan fingerprint density at radius 2 is 2.28 bits per heavy atom. The van der Waals surface area contributed by atoms with E-state index in [0.717, 1.165) is 5.56 Å². The van der Waals surface area contributed by atoms with Crippen molar-refractivity contribution < 1.29 is 19.2 Å². The van der Waals surface area contributed by atoms with Crippen LogP contribution in [0.1, 0.15) is 16.1 Å². The Kier molecular flexibility index (Phi) is 2.16. The molecule has 0 unspecified atom stereocenters. The number of anilines is 1. The maximum absolute atomic E-state index is 11.3. The van der Waals surface area contributed by atoms with Crippen molar-refractivity contribution in [3.63, 3.8) is 0 Å². The second kappa shape index (κ2) is 3.69. The molecule has 90 valence electrons. The maximum Gasteiger partial charge on any atom is 0.358 e. The molecule has 1 aromatic carbocycles. The molecular weight excluding hydrogens is 236 g/mol. The summed E-state index contributed by atoms with van der Waals surface area (Å²) in [5.74, 6) is -0.913. The van der Waals surface area contributed by atoms with Crippen LogP contribution in [0.2, 0.25) is 0 Å². The molecule has 0 spiro atoms. The van der Waals surface area contributed by atoms with Crippen LogP contribution in [0.3, 0.4) is 0 Å². The van der Waals surface area contributed by atoms with Crippen LogP contribution in [0.4, 0.5) is 5.69 Å². The van der Waals surface area contributed by atoms with E-state index < -0.39 is 5.97 Å². The Morgan fingerprint density at radius 1 is 1.44 bits per heavy atom. The molecule has 0 saturated heterocycles. The molecule has 0 atom stereocenters. The summed E-state index contributed by atoms with van der Waals surface area (Å²) in [6.07, 6.45) is 0.323. The van der Waals surface area contributed by atoms with Crippen molar-refractivity contribution in [2.75, 3.05) is 5.32 Å². The lowest BCUT2D eigenvalue weighted by molar-refractivity contribution is -0.115. The van der Waals surface area contributed by atoms with E-state index in [1.807, 2.05) is 6.07 Å². The predicted molar refractivity (Wildman–Crippen MR) is 61.2 cm³/mol. The SMILES string of the molecule is O=C1Cc2cccc(-c3cc(C(=O)O)no3)c2N1. The summed E-state index contributed by atoms with van der Waals surface area (Å²) in [7, 11) is 0. The number of hydrogen-bond donors (Lipinski definition) is 2. The molecule has 0 saturated carbocycles. The van der Waals surface area contributed by atoms with E-state index >= 15 is 0 Å². The average molecular weight is 244 g/mol. The highest BCUT2D eigenvalue weighted by Gasteiger charge is 2.23. The first kappa shape index (κ1) is 10.5. The molecule has 6 heteroatoms. The number of amides is 1. The Labute approximate surface area is 101 Å². The third kappa shape index (κ3) is 1.55. The van der Waals surface area contributed by atoms with Gasteiger partial charge in [-0.15, -0.1) is 0 Å². The summed E-state index contributed by atoms with van der Waals surface area (Å²) in [6.45, 7) is 0. The van der Waals surface area contributed by atoms with Crippen LogP contribution in [0, 0.1) is 0 Å². The highest BCUT2D eigenvalue weighted by atomic mass is 16.5. The molecule has 1 aromatic heterocycles. The Bertz CT molecular complexity index is 660. The van der Waals surface area contributed by atoms with E-state index in [9.17, 15) is 9.59 Å². The van der Waals surface area contributed by atoms with Gasteiger partial charge in [0.25, 0.3) is 0 Å². The first-order valence-electron chi connectivity index (χ1n) is 5.27. The summed E-state index contributed by atoms with van der Waals surface area (Å²) in [4.78, 5) is 22.1. The minimum Gasteiger partial charge on any atom is -0.476 e. The van der Waals surface area contributed by atoms with Crippen molar-refractivity contribution in [3.05, 3.63) is 35.5 Å². The summed E-state index contributed by atoms with van der Waals surface area (Å²) < 4.78 is 4.99. The van der Waals surface area contributed by atoms with E-state index in [-0.39, 0.29) is 11.6 Å². The van der Waals surface area contributed by atoms with Crippen molar-refractivity contribution in [2.24, 2.45) is 0 Å². The number of benzene rings is 1. The maximum atomic E-state index is 11.3. The molecule has 1 amide bonds. The van der Waals surface area contributed by atoms with Gasteiger partial charge in [-0.1, -0.05) is 17.3 Å². The van der Waals surface area contributed by atoms with E-state index in [1.54, 1.807) is 12.1 Å². The number of carboxylic acids is 1. The molecule has 0 radical (unpaired) electrons. The number of para-hydroxylation sites is 1. The molecular formula is C12H8N2O4. The molecule has 0 aliphatic carbocycles. The van der Waals surface area contributed by atoms with Crippen LogP contribution >= 0.6 is 0 Å². The van der Waals surface area contributed by atoms with Crippen molar-refractivity contribution in [1.29, 1.82) is 0 Å². The number of nitrogens with one attached hydrogen (secondary N) is 1. The lowest BCUT2D eigenvalue weighted by Gasteiger charge is -2.03. The zero-order valence-corrected chi connectivity index (χ0v) is 9.14. The van der Waals surface area contributed by atoms with Gasteiger partial charge in [0.1, 0.15) is 0 Å². The smallest absolute Gasteiger partial charge is 0.358 e. The van der Waals surface area contributed by atoms with Gasteiger partial charge >= 0.3 is 5.97 Å². The monoisotopic (exact) mass is 244 g/mol. The molecule has 2 heterocycles. The quantitative estimate of drug-likeness (QED) is 0.835. The van der Waals surface area contributed by atoms with Gasteiger partial charge < -0.3 is 14.9 Å². The van der Waals surface area contributed by atoms with Crippen molar-refractivity contribution in [2.45, 2.75) is 6.42 Å². The Morgan fingerprint density at radius 3 is 3.00 bits per heavy atom. The van der Waals surface area contributed by atoms with Crippen LogP contribution in [-0.4, -0.2) is 22.1 Å². The van der Waals surface area contributed by atoms with E-state index in [2.05, 4.69) is 10.5 Å². The highest BCUT2D eigenvalue weighted by molar-refractivity contribution is 6.03. The van der Waals surface area contributed by atoms with Crippen molar-refractivity contribution in [3.8, 4) is 11.3 Å². The molecule has 1 aliphatic rings. The molecule has 2 N–H and O–H groups in total. The number of rotatable bonds is 2. The summed E-state index contributed by atoms with van der Waals surface area (Å²) in [5, 5.41) is 15.0. The minimum atomic E-state index is -1.15. The molecule has 3 rings (SSSR count). The third-order valence-electron chi connectivity index (χ3n) is 2.76. The normalized spacial score (nSPS) is 13.2. The van der Waals surface area contributed by atoms with Crippen LogP contribution in [0.15, 0.2) is 28.8 Å². The number of carboxylic acid groups (broad SMARTS) is 1. The van der Waals surface area contributed by atoms with Gasteiger partial charge in [-0.3, -0.25) is 4.79 Å². The molecule has 6 nitrogen and oxygen atoms in total. The summed E-state index contributed by atoms with van der Waals surface area (Å²) in [5.41, 5.74) is 2.01. The Balaban J connectivity index is 2.10. The number of nitrogens with zero attached hydrogens (tertiary/aromatic N) is 1. The molecule has 0 fully saturated rings. The van der Waals surface area contributed by atoms with Crippen molar-refractivity contribution >= 4 is 17.6 Å². The first-order valence-corrected chi connectivity index (χ1v) is 5.27. The molecule has 2 aromatic rings. The average Bonchev–Trinajstić information content (AvgIpc) is 2.92. The number of aromatic carboxylic acids is 1. The van der Waals surface area contributed by atoms with E-state index in [0.29, 0.717) is 23.4 Å². The zero-order valence-electron chi connectivity index (χ0n) is 9.14. The van der Waals surface area contributed by atoms with Crippen LogP contribution in [-0.2, 0) is 11.2 Å². The molecule has 1 aliphatic heterocycles. The fourth-order valence-corrected chi connectivity index (χ4v) is 1.96. The fraction of sp³-hybridized carbons (Fsp3) is 0.0833. The molecule has 0 bridgehead atoms. The second-order valence-corrected chi connectivity index (χ2v) is 3.95. The van der Waals surface area contributed by atoms with Crippen LogP contribution in [0.5, 0.6) is 0 Å². The number of aromatic nitrogens is 1. The Hall–Kier alpha value is -2.63. The van der Waals surface area contributed by atoms with E-state index in [1.165, 1.54) is 6.07 Å². The lowest BCUT2D eigenvalue weighted by atomic mass is 10.1. The number of carbonyl (C=O) groups excluding carboxylic acids is 1. The van der Waals surface area contributed by atoms with Gasteiger partial charge in [0.15, 0.2) is 11.5 Å². The van der Waals surface area contributed by atoms with Gasteiger partial charge in [-0.25, -0.2) is 4.79 Å². The lowest BCUT2D eigenvalue weighted by Crippen LogP contribution is -2.04. The van der Waals surface area contributed by atoms with Gasteiger partial charge in [0, 0.05) is 11.6 Å².